The first-order valence-electron chi connectivity index (χ1n) is 5.01. The number of hydrogen-bond acceptors (Lipinski definition) is 1. The highest BCUT2D eigenvalue weighted by molar-refractivity contribution is 4.71. The Morgan fingerprint density at radius 2 is 1.67 bits per heavy atom. The molecule has 0 aromatic rings. The minimum atomic E-state index is -0.160. The highest BCUT2D eigenvalue weighted by Crippen LogP contribution is 2.29. The first-order chi connectivity index (χ1) is 5.33. The van der Waals surface area contributed by atoms with Crippen LogP contribution >= 0.6 is 0 Å². The molecular weight excluding hydrogens is 148 g/mol. The van der Waals surface area contributed by atoms with Crippen molar-refractivity contribution < 1.29 is 5.11 Å². The van der Waals surface area contributed by atoms with Crippen LogP contribution in [0.3, 0.4) is 0 Å². The summed E-state index contributed by atoms with van der Waals surface area (Å²) < 4.78 is 0. The molecule has 0 bridgehead atoms. The number of rotatable bonds is 5. The van der Waals surface area contributed by atoms with E-state index in [4.69, 9.17) is 0 Å². The van der Waals surface area contributed by atoms with Gasteiger partial charge in [0, 0.05) is 0 Å². The van der Waals surface area contributed by atoms with Crippen LogP contribution in [-0.2, 0) is 0 Å². The largest absolute Gasteiger partial charge is 0.393 e. The zero-order valence-corrected chi connectivity index (χ0v) is 9.22. The van der Waals surface area contributed by atoms with Gasteiger partial charge in [0.05, 0.1) is 6.10 Å². The van der Waals surface area contributed by atoms with Crippen LogP contribution < -0.4 is 0 Å². The van der Waals surface area contributed by atoms with Gasteiger partial charge in [0.25, 0.3) is 0 Å². The van der Waals surface area contributed by atoms with E-state index in [0.717, 1.165) is 12.3 Å². The van der Waals surface area contributed by atoms with Crippen molar-refractivity contribution in [3.05, 3.63) is 0 Å². The van der Waals surface area contributed by atoms with E-state index in [-0.39, 0.29) is 6.10 Å². The SMILES string of the molecule is CC(C)CCC(C)(C)CC(C)O. The van der Waals surface area contributed by atoms with Crippen molar-refractivity contribution in [3.63, 3.8) is 0 Å². The summed E-state index contributed by atoms with van der Waals surface area (Å²) in [5, 5.41) is 9.25. The Morgan fingerprint density at radius 1 is 1.17 bits per heavy atom. The molecule has 0 heterocycles. The van der Waals surface area contributed by atoms with E-state index in [1.807, 2.05) is 6.92 Å². The molecule has 0 radical (unpaired) electrons. The molecule has 1 atom stereocenters. The predicted octanol–water partition coefficient (Wildman–Crippen LogP) is 3.22. The summed E-state index contributed by atoms with van der Waals surface area (Å²) in [6.45, 7) is 10.8. The Hall–Kier alpha value is -0.0400. The average Bonchev–Trinajstić information content (AvgIpc) is 1.81. The average molecular weight is 172 g/mol. The fourth-order valence-electron chi connectivity index (χ4n) is 1.58. The topological polar surface area (TPSA) is 20.2 Å². The lowest BCUT2D eigenvalue weighted by molar-refractivity contribution is 0.121. The number of hydrogen-bond donors (Lipinski definition) is 1. The number of aliphatic hydroxyl groups excluding tert-OH is 1. The molecule has 1 unspecified atom stereocenters. The second-order valence-corrected chi connectivity index (χ2v) is 5.15. The van der Waals surface area contributed by atoms with E-state index >= 15 is 0 Å². The Bertz CT molecular complexity index is 114. The molecule has 0 aliphatic carbocycles. The van der Waals surface area contributed by atoms with Crippen LogP contribution in [0.5, 0.6) is 0 Å². The predicted molar refractivity (Wildman–Crippen MR) is 54.2 cm³/mol. The molecule has 12 heavy (non-hydrogen) atoms. The van der Waals surface area contributed by atoms with Gasteiger partial charge in [-0.15, -0.1) is 0 Å². The first kappa shape index (κ1) is 12.0. The van der Waals surface area contributed by atoms with E-state index in [9.17, 15) is 5.11 Å². The van der Waals surface area contributed by atoms with Gasteiger partial charge in [0.1, 0.15) is 0 Å². The standard InChI is InChI=1S/C11H24O/c1-9(2)6-7-11(4,5)8-10(3)12/h9-10,12H,6-8H2,1-5H3. The van der Waals surface area contributed by atoms with Gasteiger partial charge >= 0.3 is 0 Å². The van der Waals surface area contributed by atoms with Gasteiger partial charge in [-0.25, -0.2) is 0 Å². The molecule has 0 spiro atoms. The van der Waals surface area contributed by atoms with Crippen molar-refractivity contribution in [2.24, 2.45) is 11.3 Å². The molecule has 0 amide bonds. The molecule has 0 aromatic carbocycles. The third kappa shape index (κ3) is 6.66. The second-order valence-electron chi connectivity index (χ2n) is 5.15. The number of aliphatic hydroxyl groups is 1. The third-order valence-electron chi connectivity index (χ3n) is 2.25. The normalized spacial score (nSPS) is 15.2. The molecule has 1 heteroatoms. The van der Waals surface area contributed by atoms with Crippen LogP contribution in [0.2, 0.25) is 0 Å². The Kier molecular flexibility index (Phi) is 4.84. The van der Waals surface area contributed by atoms with E-state index in [1.165, 1.54) is 12.8 Å². The minimum absolute atomic E-state index is 0.160. The van der Waals surface area contributed by atoms with Crippen LogP contribution in [0.4, 0.5) is 0 Å². The molecule has 1 N–H and O–H groups in total. The summed E-state index contributed by atoms with van der Waals surface area (Å²) in [5.74, 6) is 0.776. The van der Waals surface area contributed by atoms with Gasteiger partial charge in [0.2, 0.25) is 0 Å². The highest BCUT2D eigenvalue weighted by Gasteiger charge is 2.19. The molecule has 0 aliphatic rings. The van der Waals surface area contributed by atoms with Crippen LogP contribution in [-0.4, -0.2) is 11.2 Å². The monoisotopic (exact) mass is 172 g/mol. The summed E-state index contributed by atoms with van der Waals surface area (Å²) >= 11 is 0. The van der Waals surface area contributed by atoms with Crippen molar-refractivity contribution in [2.75, 3.05) is 0 Å². The van der Waals surface area contributed by atoms with Gasteiger partial charge in [-0.05, 0) is 31.1 Å². The van der Waals surface area contributed by atoms with E-state index in [2.05, 4.69) is 27.7 Å². The molecule has 0 aromatic heterocycles. The zero-order chi connectivity index (χ0) is 9.78. The molecule has 1 nitrogen and oxygen atoms in total. The van der Waals surface area contributed by atoms with Crippen LogP contribution in [0, 0.1) is 11.3 Å². The zero-order valence-electron chi connectivity index (χ0n) is 9.22. The molecule has 0 saturated heterocycles. The fourth-order valence-corrected chi connectivity index (χ4v) is 1.58. The minimum Gasteiger partial charge on any atom is -0.393 e. The summed E-state index contributed by atoms with van der Waals surface area (Å²) in [4.78, 5) is 0. The van der Waals surface area contributed by atoms with Crippen LogP contribution in [0.1, 0.15) is 53.9 Å². The van der Waals surface area contributed by atoms with Crippen molar-refractivity contribution in [1.82, 2.24) is 0 Å². The Balaban J connectivity index is 3.71. The molecular formula is C11H24O. The lowest BCUT2D eigenvalue weighted by Gasteiger charge is -2.26. The van der Waals surface area contributed by atoms with Crippen molar-refractivity contribution >= 4 is 0 Å². The second kappa shape index (κ2) is 4.86. The van der Waals surface area contributed by atoms with Gasteiger partial charge in [-0.3, -0.25) is 0 Å². The van der Waals surface area contributed by atoms with Gasteiger partial charge in [-0.1, -0.05) is 34.1 Å². The maximum Gasteiger partial charge on any atom is 0.0517 e. The Labute approximate surface area is 77.2 Å². The maximum absolute atomic E-state index is 9.25. The third-order valence-corrected chi connectivity index (χ3v) is 2.25. The van der Waals surface area contributed by atoms with E-state index in [0.29, 0.717) is 5.41 Å². The van der Waals surface area contributed by atoms with Gasteiger partial charge in [0.15, 0.2) is 0 Å². The summed E-state index contributed by atoms with van der Waals surface area (Å²) in [6.07, 6.45) is 3.24. The highest BCUT2D eigenvalue weighted by atomic mass is 16.3. The van der Waals surface area contributed by atoms with Crippen molar-refractivity contribution in [1.29, 1.82) is 0 Å². The summed E-state index contributed by atoms with van der Waals surface area (Å²) in [6, 6.07) is 0. The summed E-state index contributed by atoms with van der Waals surface area (Å²) in [5.41, 5.74) is 0.304. The van der Waals surface area contributed by atoms with E-state index in [1.54, 1.807) is 0 Å². The molecule has 0 fully saturated rings. The van der Waals surface area contributed by atoms with Gasteiger partial charge in [-0.2, -0.15) is 0 Å². The van der Waals surface area contributed by atoms with Crippen molar-refractivity contribution in [3.8, 4) is 0 Å². The molecule has 74 valence electrons. The molecule has 0 aliphatic heterocycles. The van der Waals surface area contributed by atoms with Crippen LogP contribution in [0.15, 0.2) is 0 Å². The smallest absolute Gasteiger partial charge is 0.0517 e. The summed E-state index contributed by atoms with van der Waals surface area (Å²) in [7, 11) is 0. The molecule has 0 saturated carbocycles. The molecule has 0 rings (SSSR count). The quantitative estimate of drug-likeness (QED) is 0.675. The fraction of sp³-hybridized carbons (Fsp3) is 1.00. The van der Waals surface area contributed by atoms with Crippen LogP contribution in [0.25, 0.3) is 0 Å². The lowest BCUT2D eigenvalue weighted by atomic mass is 9.81. The lowest BCUT2D eigenvalue weighted by Crippen LogP contribution is -2.18. The van der Waals surface area contributed by atoms with Gasteiger partial charge < -0.3 is 5.11 Å². The first-order valence-corrected chi connectivity index (χ1v) is 5.01. The van der Waals surface area contributed by atoms with E-state index < -0.39 is 0 Å². The Morgan fingerprint density at radius 3 is 2.00 bits per heavy atom. The maximum atomic E-state index is 9.25. The van der Waals surface area contributed by atoms with Crippen molar-refractivity contribution in [2.45, 2.75) is 60.0 Å².